The molecule has 0 atom stereocenters. The minimum Gasteiger partial charge on any atom is -0.343 e. The maximum Gasteiger partial charge on any atom is 0.332 e. The number of para-hydroxylation sites is 1. The first-order valence-electron chi connectivity index (χ1n) is 10.7. The largest absolute Gasteiger partial charge is 0.343 e. The molecule has 0 aliphatic carbocycles. The molecule has 166 valence electrons. The topological polar surface area (TPSA) is 78.0 Å². The number of benzene rings is 2. The zero-order chi connectivity index (χ0) is 22.7. The molecule has 8 heteroatoms. The highest BCUT2D eigenvalue weighted by atomic mass is 35.5. The Labute approximate surface area is 191 Å². The molecule has 0 unspecified atom stereocenters. The van der Waals surface area contributed by atoms with Gasteiger partial charge < -0.3 is 9.80 Å². The van der Waals surface area contributed by atoms with Gasteiger partial charge in [-0.25, -0.2) is 9.69 Å². The monoisotopic (exact) mass is 453 g/mol. The van der Waals surface area contributed by atoms with Crippen LogP contribution in [0.3, 0.4) is 0 Å². The van der Waals surface area contributed by atoms with Gasteiger partial charge in [0.2, 0.25) is 5.91 Å². The lowest BCUT2D eigenvalue weighted by Gasteiger charge is -2.36. The quantitative estimate of drug-likeness (QED) is 0.492. The fourth-order valence-electron chi connectivity index (χ4n) is 4.22. The van der Waals surface area contributed by atoms with Crippen molar-refractivity contribution in [2.45, 2.75) is 31.7 Å². The maximum atomic E-state index is 12.9. The lowest BCUT2D eigenvalue weighted by Crippen LogP contribution is -2.48. The number of carbonyl (C=O) groups is 4. The van der Waals surface area contributed by atoms with Crippen molar-refractivity contribution >= 4 is 40.9 Å². The van der Waals surface area contributed by atoms with Crippen LogP contribution in [0.2, 0.25) is 5.02 Å². The van der Waals surface area contributed by atoms with Crippen LogP contribution in [0.1, 0.15) is 36.0 Å². The molecule has 2 aromatic carbocycles. The van der Waals surface area contributed by atoms with E-state index in [1.807, 2.05) is 6.07 Å². The van der Waals surface area contributed by atoms with Crippen LogP contribution in [-0.2, 0) is 9.59 Å². The summed E-state index contributed by atoms with van der Waals surface area (Å²) in [5, 5.41) is 0.561. The van der Waals surface area contributed by atoms with E-state index in [1.54, 1.807) is 58.3 Å². The van der Waals surface area contributed by atoms with Gasteiger partial charge in [0.1, 0.15) is 6.54 Å². The highest BCUT2D eigenvalue weighted by molar-refractivity contribution is 6.30. The van der Waals surface area contributed by atoms with Crippen LogP contribution >= 0.6 is 11.6 Å². The summed E-state index contributed by atoms with van der Waals surface area (Å²) in [6.07, 6.45) is 1.51. The third kappa shape index (κ3) is 4.67. The van der Waals surface area contributed by atoms with E-state index in [9.17, 15) is 19.2 Å². The molecule has 0 radical (unpaired) electrons. The second-order valence-corrected chi connectivity index (χ2v) is 8.45. The number of hydrogen-bond acceptors (Lipinski definition) is 4. The number of rotatable bonds is 6. The van der Waals surface area contributed by atoms with E-state index in [-0.39, 0.29) is 49.1 Å². The number of imide groups is 1. The molecule has 0 bridgehead atoms. The fourth-order valence-corrected chi connectivity index (χ4v) is 4.35. The van der Waals surface area contributed by atoms with Gasteiger partial charge in [0.15, 0.2) is 5.78 Å². The first-order chi connectivity index (χ1) is 15.4. The van der Waals surface area contributed by atoms with Crippen LogP contribution in [0.25, 0.3) is 0 Å². The maximum absolute atomic E-state index is 12.9. The van der Waals surface area contributed by atoms with E-state index in [0.29, 0.717) is 42.2 Å². The van der Waals surface area contributed by atoms with Gasteiger partial charge in [-0.2, -0.15) is 0 Å². The van der Waals surface area contributed by atoms with Crippen molar-refractivity contribution in [1.82, 2.24) is 9.80 Å². The van der Waals surface area contributed by atoms with Gasteiger partial charge in [-0.05, 0) is 49.2 Å². The molecule has 0 saturated carbocycles. The SMILES string of the molecule is O=C(CCC(=O)N1CCC(N2CC(=O)N(c3ccccc3)C2=O)CC1)c1ccc(Cl)cc1. The summed E-state index contributed by atoms with van der Waals surface area (Å²) in [7, 11) is 0. The standard InChI is InChI=1S/C24H24ClN3O4/c25-18-8-6-17(7-9-18)21(29)10-11-22(30)26-14-12-19(13-15-26)27-16-23(31)28(24(27)32)20-4-2-1-3-5-20/h1-9,19H,10-16H2. The summed E-state index contributed by atoms with van der Waals surface area (Å²) in [6.45, 7) is 1.06. The van der Waals surface area contributed by atoms with Gasteiger partial charge in [0.05, 0.1) is 5.69 Å². The highest BCUT2D eigenvalue weighted by Gasteiger charge is 2.41. The van der Waals surface area contributed by atoms with Gasteiger partial charge in [-0.3, -0.25) is 14.4 Å². The number of amides is 4. The molecule has 0 N–H and O–H groups in total. The number of halogens is 1. The molecule has 7 nitrogen and oxygen atoms in total. The van der Waals surface area contributed by atoms with Crippen LogP contribution in [0.5, 0.6) is 0 Å². The van der Waals surface area contributed by atoms with Gasteiger partial charge >= 0.3 is 6.03 Å². The Morgan fingerprint density at radius 3 is 2.22 bits per heavy atom. The van der Waals surface area contributed by atoms with Crippen molar-refractivity contribution in [3.05, 3.63) is 65.2 Å². The highest BCUT2D eigenvalue weighted by Crippen LogP contribution is 2.26. The Kier molecular flexibility index (Phi) is 6.55. The molecule has 2 saturated heterocycles. The third-order valence-electron chi connectivity index (χ3n) is 6.00. The van der Waals surface area contributed by atoms with Crippen molar-refractivity contribution in [1.29, 1.82) is 0 Å². The molecule has 2 aromatic rings. The molecule has 2 heterocycles. The second-order valence-electron chi connectivity index (χ2n) is 8.02. The number of urea groups is 1. The van der Waals surface area contributed by atoms with Crippen molar-refractivity contribution < 1.29 is 19.2 Å². The lowest BCUT2D eigenvalue weighted by atomic mass is 10.0. The third-order valence-corrected chi connectivity index (χ3v) is 6.25. The van der Waals surface area contributed by atoms with Crippen molar-refractivity contribution in [2.24, 2.45) is 0 Å². The summed E-state index contributed by atoms with van der Waals surface area (Å²) in [4.78, 5) is 54.8. The number of nitrogens with zero attached hydrogens (tertiary/aromatic N) is 3. The van der Waals surface area contributed by atoms with Crippen molar-refractivity contribution in [2.75, 3.05) is 24.5 Å². The van der Waals surface area contributed by atoms with Gasteiger partial charge in [0, 0.05) is 42.6 Å². The van der Waals surface area contributed by atoms with E-state index in [0.717, 1.165) is 0 Å². The normalized spacial score (nSPS) is 17.2. The van der Waals surface area contributed by atoms with E-state index in [4.69, 9.17) is 11.6 Å². The first kappa shape index (κ1) is 22.0. The van der Waals surface area contributed by atoms with E-state index in [2.05, 4.69) is 0 Å². The van der Waals surface area contributed by atoms with Gasteiger partial charge in [0.25, 0.3) is 5.91 Å². The molecule has 32 heavy (non-hydrogen) atoms. The lowest BCUT2D eigenvalue weighted by molar-refractivity contribution is -0.132. The van der Waals surface area contributed by atoms with Crippen LogP contribution in [0.4, 0.5) is 10.5 Å². The number of Topliss-reactive ketones (excluding diaryl/α,β-unsaturated/α-hetero) is 1. The van der Waals surface area contributed by atoms with Crippen LogP contribution < -0.4 is 4.90 Å². The average molecular weight is 454 g/mol. The molecular weight excluding hydrogens is 430 g/mol. The van der Waals surface area contributed by atoms with Crippen LogP contribution in [0, 0.1) is 0 Å². The Morgan fingerprint density at radius 1 is 0.906 bits per heavy atom. The Balaban J connectivity index is 1.28. The van der Waals surface area contributed by atoms with Crippen molar-refractivity contribution in [3.63, 3.8) is 0 Å². The zero-order valence-corrected chi connectivity index (χ0v) is 18.3. The number of carbonyl (C=O) groups excluding carboxylic acids is 4. The first-order valence-corrected chi connectivity index (χ1v) is 11.1. The summed E-state index contributed by atoms with van der Waals surface area (Å²) in [5.41, 5.74) is 1.11. The summed E-state index contributed by atoms with van der Waals surface area (Å²) < 4.78 is 0. The number of ketones is 1. The molecule has 0 spiro atoms. The summed E-state index contributed by atoms with van der Waals surface area (Å²) in [6, 6.07) is 15.1. The molecule has 2 fully saturated rings. The predicted octanol–water partition coefficient (Wildman–Crippen LogP) is 3.76. The number of piperidine rings is 1. The zero-order valence-electron chi connectivity index (χ0n) is 17.6. The van der Waals surface area contributed by atoms with Crippen LogP contribution in [0.15, 0.2) is 54.6 Å². The fraction of sp³-hybridized carbons (Fsp3) is 0.333. The second kappa shape index (κ2) is 9.53. The smallest absolute Gasteiger partial charge is 0.332 e. The Morgan fingerprint density at radius 2 is 1.56 bits per heavy atom. The average Bonchev–Trinajstić information content (AvgIpc) is 3.12. The van der Waals surface area contributed by atoms with E-state index >= 15 is 0 Å². The Bertz CT molecular complexity index is 1020. The minimum absolute atomic E-state index is 0.0575. The van der Waals surface area contributed by atoms with E-state index in [1.165, 1.54) is 4.90 Å². The molecule has 2 aliphatic rings. The molecule has 2 aliphatic heterocycles. The number of likely N-dealkylation sites (tertiary alicyclic amines) is 1. The Hall–Kier alpha value is -3.19. The van der Waals surface area contributed by atoms with Gasteiger partial charge in [-0.15, -0.1) is 0 Å². The number of anilines is 1. The number of hydrogen-bond donors (Lipinski definition) is 0. The molecular formula is C24H24ClN3O4. The van der Waals surface area contributed by atoms with E-state index < -0.39 is 0 Å². The predicted molar refractivity (Wildman–Crippen MR) is 121 cm³/mol. The minimum atomic E-state index is -0.306. The van der Waals surface area contributed by atoms with Crippen molar-refractivity contribution in [3.8, 4) is 0 Å². The molecule has 0 aromatic heterocycles. The van der Waals surface area contributed by atoms with Crippen LogP contribution in [-0.4, -0.2) is 59.1 Å². The molecule has 4 rings (SSSR count). The summed E-state index contributed by atoms with van der Waals surface area (Å²) >= 11 is 5.84. The summed E-state index contributed by atoms with van der Waals surface area (Å²) in [5.74, 6) is -0.395. The van der Waals surface area contributed by atoms with Gasteiger partial charge in [-0.1, -0.05) is 29.8 Å². The molecule has 4 amide bonds.